The van der Waals surface area contributed by atoms with Crippen LogP contribution in [0.3, 0.4) is 0 Å². The Morgan fingerprint density at radius 2 is 1.78 bits per heavy atom. The van der Waals surface area contributed by atoms with E-state index in [1.807, 2.05) is 52.0 Å². The van der Waals surface area contributed by atoms with Gasteiger partial charge in [0, 0.05) is 5.69 Å². The van der Waals surface area contributed by atoms with E-state index in [9.17, 15) is 9.18 Å². The van der Waals surface area contributed by atoms with Crippen LogP contribution in [0.15, 0.2) is 48.5 Å². The van der Waals surface area contributed by atoms with Gasteiger partial charge in [-0.15, -0.1) is 0 Å². The van der Waals surface area contributed by atoms with Crippen LogP contribution in [0.4, 0.5) is 14.9 Å². The number of amides is 1. The van der Waals surface area contributed by atoms with Gasteiger partial charge in [0.1, 0.15) is 11.4 Å². The number of hydrogen-bond donors (Lipinski definition) is 0. The maximum absolute atomic E-state index is 13.4. The number of hydrogen-bond acceptors (Lipinski definition) is 2. The van der Waals surface area contributed by atoms with E-state index in [0.29, 0.717) is 11.3 Å². The molecule has 0 bridgehead atoms. The standard InChI is InChI=1S/C19H22FNO2/c1-14-8-10-17(11-9-14)21(18(22)23-19(2,3)4)13-15-6-5-7-16(20)12-15/h5-12H,13H2,1-4H3. The van der Waals surface area contributed by atoms with Crippen molar-refractivity contribution in [2.75, 3.05) is 4.90 Å². The molecule has 122 valence electrons. The lowest BCUT2D eigenvalue weighted by molar-refractivity contribution is 0.0577. The van der Waals surface area contributed by atoms with Gasteiger partial charge in [0.15, 0.2) is 0 Å². The normalized spacial score (nSPS) is 11.2. The molecule has 4 heteroatoms. The molecule has 0 saturated heterocycles. The number of halogens is 1. The molecule has 2 aromatic rings. The molecule has 0 radical (unpaired) electrons. The first-order chi connectivity index (χ1) is 10.7. The van der Waals surface area contributed by atoms with Crippen molar-refractivity contribution in [2.24, 2.45) is 0 Å². The lowest BCUT2D eigenvalue weighted by Gasteiger charge is -2.27. The number of rotatable bonds is 3. The van der Waals surface area contributed by atoms with Gasteiger partial charge in [-0.3, -0.25) is 4.90 Å². The molecule has 0 heterocycles. The Kier molecular flexibility index (Phi) is 5.04. The van der Waals surface area contributed by atoms with Crippen LogP contribution in [0.5, 0.6) is 0 Å². The third-order valence-electron chi connectivity index (χ3n) is 3.19. The summed E-state index contributed by atoms with van der Waals surface area (Å²) in [5.74, 6) is -0.324. The fourth-order valence-electron chi connectivity index (χ4n) is 2.12. The van der Waals surface area contributed by atoms with Gasteiger partial charge in [0.05, 0.1) is 6.54 Å². The molecule has 3 nitrogen and oxygen atoms in total. The Morgan fingerprint density at radius 3 is 2.35 bits per heavy atom. The predicted octanol–water partition coefficient (Wildman–Crippen LogP) is 5.08. The molecule has 1 amide bonds. The Morgan fingerprint density at radius 1 is 1.13 bits per heavy atom. The summed E-state index contributed by atoms with van der Waals surface area (Å²) in [6.45, 7) is 7.69. The summed E-state index contributed by atoms with van der Waals surface area (Å²) in [7, 11) is 0. The summed E-state index contributed by atoms with van der Waals surface area (Å²) in [5.41, 5.74) is 1.93. The minimum Gasteiger partial charge on any atom is -0.443 e. The van der Waals surface area contributed by atoms with E-state index in [1.54, 1.807) is 12.1 Å². The molecule has 0 aliphatic rings. The molecule has 0 spiro atoms. The molecule has 23 heavy (non-hydrogen) atoms. The average molecular weight is 315 g/mol. The summed E-state index contributed by atoms with van der Waals surface area (Å²) in [5, 5.41) is 0. The molecule has 0 aliphatic carbocycles. The number of anilines is 1. The van der Waals surface area contributed by atoms with Gasteiger partial charge >= 0.3 is 6.09 Å². The Balaban J connectivity index is 2.30. The minimum atomic E-state index is -0.595. The van der Waals surface area contributed by atoms with E-state index in [0.717, 1.165) is 5.56 Å². The second-order valence-electron chi connectivity index (χ2n) is 6.53. The highest BCUT2D eigenvalue weighted by Crippen LogP contribution is 2.21. The van der Waals surface area contributed by atoms with Gasteiger partial charge in [0.2, 0.25) is 0 Å². The largest absolute Gasteiger partial charge is 0.443 e. The summed E-state index contributed by atoms with van der Waals surface area (Å²) in [4.78, 5) is 14.1. The van der Waals surface area contributed by atoms with E-state index >= 15 is 0 Å². The van der Waals surface area contributed by atoms with Gasteiger partial charge in [-0.25, -0.2) is 9.18 Å². The third-order valence-corrected chi connectivity index (χ3v) is 3.19. The number of carbonyl (C=O) groups excluding carboxylic acids is 1. The Hall–Kier alpha value is -2.36. The SMILES string of the molecule is Cc1ccc(N(Cc2cccc(F)c2)C(=O)OC(C)(C)C)cc1. The van der Waals surface area contributed by atoms with Crippen LogP contribution < -0.4 is 4.90 Å². The topological polar surface area (TPSA) is 29.5 Å². The molecule has 0 saturated carbocycles. The molecule has 0 unspecified atom stereocenters. The zero-order valence-electron chi connectivity index (χ0n) is 14.0. The van der Waals surface area contributed by atoms with Crippen LogP contribution in [0.25, 0.3) is 0 Å². The smallest absolute Gasteiger partial charge is 0.415 e. The van der Waals surface area contributed by atoms with Gasteiger partial charge in [-0.05, 0) is 57.5 Å². The van der Waals surface area contributed by atoms with Gasteiger partial charge < -0.3 is 4.74 Å². The molecular weight excluding hydrogens is 293 g/mol. The molecule has 0 aliphatic heterocycles. The van der Waals surface area contributed by atoms with Crippen LogP contribution in [-0.2, 0) is 11.3 Å². The van der Waals surface area contributed by atoms with Crippen molar-refractivity contribution in [2.45, 2.75) is 39.8 Å². The highest BCUT2D eigenvalue weighted by atomic mass is 19.1. The number of aryl methyl sites for hydroxylation is 1. The van der Waals surface area contributed by atoms with Crippen molar-refractivity contribution in [3.63, 3.8) is 0 Å². The second kappa shape index (κ2) is 6.82. The highest BCUT2D eigenvalue weighted by molar-refractivity contribution is 5.87. The first-order valence-electron chi connectivity index (χ1n) is 7.56. The quantitative estimate of drug-likeness (QED) is 0.791. The Labute approximate surface area is 136 Å². The van der Waals surface area contributed by atoms with Crippen molar-refractivity contribution in [3.05, 3.63) is 65.5 Å². The monoisotopic (exact) mass is 315 g/mol. The highest BCUT2D eigenvalue weighted by Gasteiger charge is 2.23. The fraction of sp³-hybridized carbons (Fsp3) is 0.316. The summed E-state index contributed by atoms with van der Waals surface area (Å²) < 4.78 is 18.9. The third kappa shape index (κ3) is 5.09. The van der Waals surface area contributed by atoms with Gasteiger partial charge in [-0.2, -0.15) is 0 Å². The molecule has 2 aromatic carbocycles. The number of ether oxygens (including phenoxy) is 1. The lowest BCUT2D eigenvalue weighted by Crippen LogP contribution is -2.36. The maximum Gasteiger partial charge on any atom is 0.415 e. The van der Waals surface area contributed by atoms with Crippen molar-refractivity contribution in [1.29, 1.82) is 0 Å². The second-order valence-corrected chi connectivity index (χ2v) is 6.53. The van der Waals surface area contributed by atoms with Gasteiger partial charge in [0.25, 0.3) is 0 Å². The molecule has 2 rings (SSSR count). The zero-order valence-corrected chi connectivity index (χ0v) is 14.0. The zero-order chi connectivity index (χ0) is 17.0. The van der Waals surface area contributed by atoms with E-state index < -0.39 is 11.7 Å². The number of nitrogens with zero attached hydrogens (tertiary/aromatic N) is 1. The van der Waals surface area contributed by atoms with Crippen molar-refractivity contribution in [1.82, 2.24) is 0 Å². The van der Waals surface area contributed by atoms with Crippen molar-refractivity contribution in [3.8, 4) is 0 Å². The number of benzene rings is 2. The van der Waals surface area contributed by atoms with Crippen LogP contribution in [-0.4, -0.2) is 11.7 Å². The summed E-state index contributed by atoms with van der Waals surface area (Å²) >= 11 is 0. The van der Waals surface area contributed by atoms with E-state index in [1.165, 1.54) is 17.0 Å². The predicted molar refractivity (Wildman–Crippen MR) is 90.0 cm³/mol. The van der Waals surface area contributed by atoms with Crippen LogP contribution in [0, 0.1) is 12.7 Å². The van der Waals surface area contributed by atoms with E-state index in [2.05, 4.69) is 0 Å². The number of carbonyl (C=O) groups is 1. The Bertz CT molecular complexity index is 675. The van der Waals surface area contributed by atoms with Gasteiger partial charge in [-0.1, -0.05) is 29.8 Å². The summed E-state index contributed by atoms with van der Waals surface area (Å²) in [6.07, 6.45) is -0.453. The molecule has 0 aromatic heterocycles. The fourth-order valence-corrected chi connectivity index (χ4v) is 2.12. The summed E-state index contributed by atoms with van der Waals surface area (Å²) in [6, 6.07) is 13.8. The van der Waals surface area contributed by atoms with Crippen LogP contribution in [0.1, 0.15) is 31.9 Å². The van der Waals surface area contributed by atoms with Crippen molar-refractivity contribution < 1.29 is 13.9 Å². The van der Waals surface area contributed by atoms with E-state index in [4.69, 9.17) is 4.74 Å². The molecule has 0 atom stereocenters. The van der Waals surface area contributed by atoms with Crippen LogP contribution in [0.2, 0.25) is 0 Å². The first-order valence-corrected chi connectivity index (χ1v) is 7.56. The molecule has 0 N–H and O–H groups in total. The minimum absolute atomic E-state index is 0.246. The molecule has 0 fully saturated rings. The average Bonchev–Trinajstić information content (AvgIpc) is 2.44. The van der Waals surface area contributed by atoms with E-state index in [-0.39, 0.29) is 12.4 Å². The molecular formula is C19H22FNO2. The maximum atomic E-state index is 13.4. The van der Waals surface area contributed by atoms with Crippen LogP contribution >= 0.6 is 0 Å². The lowest BCUT2D eigenvalue weighted by atomic mass is 10.1. The first kappa shape index (κ1) is 17.0. The van der Waals surface area contributed by atoms with Crippen molar-refractivity contribution >= 4 is 11.8 Å².